The van der Waals surface area contributed by atoms with Crippen molar-refractivity contribution in [1.29, 1.82) is 0 Å². The van der Waals surface area contributed by atoms with Gasteiger partial charge in [0.15, 0.2) is 11.6 Å². The van der Waals surface area contributed by atoms with Crippen molar-refractivity contribution in [3.8, 4) is 23.0 Å². The second-order valence-corrected chi connectivity index (χ2v) is 7.42. The van der Waals surface area contributed by atoms with Crippen LogP contribution in [-0.4, -0.2) is 40.8 Å². The molecule has 1 atom stereocenters. The minimum atomic E-state index is -0.188. The highest BCUT2D eigenvalue weighted by molar-refractivity contribution is 5.65. The zero-order chi connectivity index (χ0) is 18.7. The molecule has 3 aromatic heterocycles. The van der Waals surface area contributed by atoms with Gasteiger partial charge in [-0.2, -0.15) is 4.98 Å². The fourth-order valence-corrected chi connectivity index (χ4v) is 4.42. The maximum absolute atomic E-state index is 4.97. The number of hydrogen-bond acceptors (Lipinski definition) is 6. The molecular weight excluding hydrogens is 352 g/mol. The summed E-state index contributed by atoms with van der Waals surface area (Å²) >= 11 is 0. The molecule has 2 aliphatic rings. The summed E-state index contributed by atoms with van der Waals surface area (Å²) in [7, 11) is 0. The zero-order valence-corrected chi connectivity index (χ0v) is 15.4. The molecule has 0 saturated carbocycles. The SMILES string of the molecule is C[C@@]12CCCN1c1nc(-n3ccnc3-c3ccccc3)ncc1-n1cnnc12. The first-order chi connectivity index (χ1) is 13.8. The third kappa shape index (κ3) is 1.97. The van der Waals surface area contributed by atoms with Crippen LogP contribution in [0.5, 0.6) is 0 Å². The molecule has 0 N–H and O–H groups in total. The van der Waals surface area contributed by atoms with Crippen molar-refractivity contribution < 1.29 is 0 Å². The number of hydrogen-bond donors (Lipinski definition) is 0. The largest absolute Gasteiger partial charge is 0.342 e. The van der Waals surface area contributed by atoms with Crippen LogP contribution in [0.15, 0.2) is 55.2 Å². The van der Waals surface area contributed by atoms with Crippen molar-refractivity contribution in [2.24, 2.45) is 0 Å². The fourth-order valence-electron chi connectivity index (χ4n) is 4.42. The van der Waals surface area contributed by atoms with Gasteiger partial charge in [-0.25, -0.2) is 9.97 Å². The molecule has 0 spiro atoms. The van der Waals surface area contributed by atoms with E-state index in [2.05, 4.69) is 32.0 Å². The van der Waals surface area contributed by atoms with Gasteiger partial charge in [0.1, 0.15) is 17.8 Å². The number of rotatable bonds is 2. The van der Waals surface area contributed by atoms with Crippen LogP contribution in [0.2, 0.25) is 0 Å². The lowest BCUT2D eigenvalue weighted by Gasteiger charge is -2.40. The van der Waals surface area contributed by atoms with Crippen molar-refractivity contribution in [2.75, 3.05) is 11.4 Å². The molecule has 4 aromatic rings. The highest BCUT2D eigenvalue weighted by Gasteiger charge is 2.47. The van der Waals surface area contributed by atoms with Gasteiger partial charge in [0.2, 0.25) is 5.95 Å². The summed E-state index contributed by atoms with van der Waals surface area (Å²) in [6, 6.07) is 10.1. The van der Waals surface area contributed by atoms with Crippen LogP contribution in [-0.2, 0) is 5.54 Å². The molecule has 5 heterocycles. The fraction of sp³-hybridized carbons (Fsp3) is 0.250. The lowest BCUT2D eigenvalue weighted by molar-refractivity contribution is 0.436. The monoisotopic (exact) mass is 370 g/mol. The summed E-state index contributed by atoms with van der Waals surface area (Å²) in [6.45, 7) is 3.17. The Kier molecular flexibility index (Phi) is 3.03. The van der Waals surface area contributed by atoms with Gasteiger partial charge in [0.05, 0.1) is 11.7 Å². The van der Waals surface area contributed by atoms with Crippen LogP contribution in [0.1, 0.15) is 25.6 Å². The number of fused-ring (bicyclic) bond motifs is 6. The third-order valence-corrected chi connectivity index (χ3v) is 5.81. The van der Waals surface area contributed by atoms with Crippen LogP contribution < -0.4 is 4.90 Å². The summed E-state index contributed by atoms with van der Waals surface area (Å²) in [6.07, 6.45) is 9.43. The van der Waals surface area contributed by atoms with E-state index in [1.165, 1.54) is 0 Å². The maximum atomic E-state index is 4.97. The Morgan fingerprint density at radius 3 is 2.86 bits per heavy atom. The second-order valence-electron chi connectivity index (χ2n) is 7.42. The predicted octanol–water partition coefficient (Wildman–Crippen LogP) is 2.74. The van der Waals surface area contributed by atoms with E-state index in [0.29, 0.717) is 5.95 Å². The van der Waals surface area contributed by atoms with Crippen molar-refractivity contribution in [2.45, 2.75) is 25.3 Å². The van der Waals surface area contributed by atoms with Gasteiger partial charge < -0.3 is 4.90 Å². The summed E-state index contributed by atoms with van der Waals surface area (Å²) in [5, 5.41) is 8.55. The minimum absolute atomic E-state index is 0.188. The Morgan fingerprint density at radius 1 is 1.07 bits per heavy atom. The molecule has 0 radical (unpaired) electrons. The number of benzene rings is 1. The van der Waals surface area contributed by atoms with Crippen LogP contribution in [0.25, 0.3) is 23.0 Å². The highest BCUT2D eigenvalue weighted by atomic mass is 15.4. The molecule has 1 aromatic carbocycles. The summed E-state index contributed by atoms with van der Waals surface area (Å²) in [5.41, 5.74) is 1.76. The molecule has 138 valence electrons. The van der Waals surface area contributed by atoms with E-state index in [1.54, 1.807) is 12.5 Å². The molecule has 8 heteroatoms. The predicted molar refractivity (Wildman–Crippen MR) is 103 cm³/mol. The van der Waals surface area contributed by atoms with Gasteiger partial charge in [0, 0.05) is 24.5 Å². The molecule has 0 aliphatic carbocycles. The third-order valence-electron chi connectivity index (χ3n) is 5.81. The standard InChI is InChI=1S/C20H18N8/c1-20-8-5-10-28(20)17-15(27-13-23-25-18(20)27)12-22-19(24-17)26-11-9-21-16(26)14-6-3-2-4-7-14/h2-4,6-7,9,11-13H,5,8,10H2,1H3/t20-/m0/s1. The highest BCUT2D eigenvalue weighted by Crippen LogP contribution is 2.46. The van der Waals surface area contributed by atoms with Crippen LogP contribution in [0.3, 0.4) is 0 Å². The molecule has 1 fully saturated rings. The van der Waals surface area contributed by atoms with Gasteiger partial charge in [-0.05, 0) is 19.8 Å². The maximum Gasteiger partial charge on any atom is 0.237 e. The first-order valence-electron chi connectivity index (χ1n) is 9.40. The summed E-state index contributed by atoms with van der Waals surface area (Å²) < 4.78 is 3.96. The molecule has 1 saturated heterocycles. The van der Waals surface area contributed by atoms with E-state index < -0.39 is 0 Å². The average Bonchev–Trinajstić information content (AvgIpc) is 3.47. The van der Waals surface area contributed by atoms with Crippen LogP contribution in [0.4, 0.5) is 5.82 Å². The van der Waals surface area contributed by atoms with Crippen molar-refractivity contribution in [3.05, 3.63) is 61.1 Å². The Morgan fingerprint density at radius 2 is 1.96 bits per heavy atom. The molecule has 0 unspecified atom stereocenters. The normalized spacial score (nSPS) is 20.0. The molecule has 0 bridgehead atoms. The van der Waals surface area contributed by atoms with E-state index in [-0.39, 0.29) is 5.54 Å². The summed E-state index contributed by atoms with van der Waals surface area (Å²) in [4.78, 5) is 16.5. The number of nitrogens with zero attached hydrogens (tertiary/aromatic N) is 8. The molecular formula is C20H18N8. The Labute approximate surface area is 161 Å². The van der Waals surface area contributed by atoms with Crippen LogP contribution >= 0.6 is 0 Å². The second kappa shape index (κ2) is 5.48. The molecule has 28 heavy (non-hydrogen) atoms. The first-order valence-corrected chi connectivity index (χ1v) is 9.40. The van der Waals surface area contributed by atoms with E-state index in [9.17, 15) is 0 Å². The Bertz CT molecular complexity index is 1180. The van der Waals surface area contributed by atoms with E-state index in [0.717, 1.165) is 48.1 Å². The molecule has 2 aliphatic heterocycles. The van der Waals surface area contributed by atoms with Gasteiger partial charge in [-0.3, -0.25) is 9.13 Å². The minimum Gasteiger partial charge on any atom is -0.342 e. The van der Waals surface area contributed by atoms with Gasteiger partial charge in [-0.15, -0.1) is 10.2 Å². The lowest BCUT2D eigenvalue weighted by atomic mass is 9.96. The van der Waals surface area contributed by atoms with E-state index in [1.807, 2.05) is 51.9 Å². The number of anilines is 1. The number of imidazole rings is 1. The van der Waals surface area contributed by atoms with Gasteiger partial charge in [0.25, 0.3) is 0 Å². The quantitative estimate of drug-likeness (QED) is 0.540. The molecule has 6 rings (SSSR count). The Balaban J connectivity index is 1.53. The Hall–Kier alpha value is -3.55. The first kappa shape index (κ1) is 15.5. The van der Waals surface area contributed by atoms with E-state index >= 15 is 0 Å². The van der Waals surface area contributed by atoms with E-state index in [4.69, 9.17) is 4.98 Å². The molecule has 0 amide bonds. The zero-order valence-electron chi connectivity index (χ0n) is 15.4. The van der Waals surface area contributed by atoms with Crippen molar-refractivity contribution in [1.82, 2.24) is 34.3 Å². The summed E-state index contributed by atoms with van der Waals surface area (Å²) in [5.74, 6) is 3.32. The topological polar surface area (TPSA) is 77.5 Å². The van der Waals surface area contributed by atoms with Gasteiger partial charge in [-0.1, -0.05) is 30.3 Å². The van der Waals surface area contributed by atoms with Crippen molar-refractivity contribution >= 4 is 5.82 Å². The van der Waals surface area contributed by atoms with Gasteiger partial charge >= 0.3 is 0 Å². The number of aromatic nitrogens is 7. The molecule has 8 nitrogen and oxygen atoms in total. The van der Waals surface area contributed by atoms with Crippen LogP contribution in [0, 0.1) is 0 Å². The smallest absolute Gasteiger partial charge is 0.237 e. The van der Waals surface area contributed by atoms with Crippen molar-refractivity contribution in [3.63, 3.8) is 0 Å². The average molecular weight is 370 g/mol. The lowest BCUT2D eigenvalue weighted by Crippen LogP contribution is -2.45.